The molecule has 3 rings (SSSR count). The normalized spacial score (nSPS) is 10.9. The fourth-order valence-corrected chi connectivity index (χ4v) is 2.90. The van der Waals surface area contributed by atoms with Crippen molar-refractivity contribution in [1.29, 1.82) is 0 Å². The third kappa shape index (κ3) is 4.30. The van der Waals surface area contributed by atoms with E-state index < -0.39 is 11.6 Å². The molecule has 0 spiro atoms. The highest BCUT2D eigenvalue weighted by atomic mass is 35.5. The second kappa shape index (κ2) is 7.85. The lowest BCUT2D eigenvalue weighted by Gasteiger charge is -2.20. The molecule has 3 aromatic carbocycles. The Bertz CT molecular complexity index is 817. The Kier molecular flexibility index (Phi) is 5.57. The van der Waals surface area contributed by atoms with Crippen LogP contribution in [0.15, 0.2) is 66.7 Å². The number of rotatable bonds is 5. The zero-order chi connectivity index (χ0) is 17.8. The van der Waals surface area contributed by atoms with E-state index in [2.05, 4.69) is 5.32 Å². The Morgan fingerprint density at radius 3 is 1.76 bits per heavy atom. The summed E-state index contributed by atoms with van der Waals surface area (Å²) < 4.78 is 27.8. The first-order valence-electron chi connectivity index (χ1n) is 7.73. The molecule has 0 aromatic heterocycles. The van der Waals surface area contributed by atoms with Gasteiger partial charge in [0.1, 0.15) is 11.6 Å². The lowest BCUT2D eigenvalue weighted by atomic mass is 9.91. The van der Waals surface area contributed by atoms with Crippen molar-refractivity contribution < 1.29 is 8.78 Å². The molecule has 1 N–H and O–H groups in total. The molecule has 5 heteroatoms. The molecule has 0 bridgehead atoms. The third-order valence-electron chi connectivity index (χ3n) is 3.98. The van der Waals surface area contributed by atoms with Crippen LogP contribution in [0, 0.1) is 11.6 Å². The number of halogens is 4. The Balaban J connectivity index is 1.94. The second-order valence-corrected chi connectivity index (χ2v) is 6.46. The van der Waals surface area contributed by atoms with Crippen LogP contribution >= 0.6 is 23.2 Å². The van der Waals surface area contributed by atoms with Crippen molar-refractivity contribution in [2.45, 2.75) is 5.92 Å². The largest absolute Gasteiger partial charge is 0.384 e. The molecule has 128 valence electrons. The predicted octanol–water partition coefficient (Wildman–Crippen LogP) is 6.52. The minimum atomic E-state index is -0.502. The number of hydrogen-bond acceptors (Lipinski definition) is 1. The number of anilines is 1. The van der Waals surface area contributed by atoms with Gasteiger partial charge in [0.2, 0.25) is 0 Å². The Morgan fingerprint density at radius 1 is 0.760 bits per heavy atom. The average molecular weight is 378 g/mol. The Labute approximate surface area is 155 Å². The van der Waals surface area contributed by atoms with Gasteiger partial charge in [0, 0.05) is 18.2 Å². The topological polar surface area (TPSA) is 12.0 Å². The predicted molar refractivity (Wildman–Crippen MR) is 99.6 cm³/mol. The highest BCUT2D eigenvalue weighted by molar-refractivity contribution is 6.31. The van der Waals surface area contributed by atoms with Gasteiger partial charge in [-0.25, -0.2) is 8.78 Å². The summed E-state index contributed by atoms with van der Waals surface area (Å²) >= 11 is 11.6. The van der Waals surface area contributed by atoms with Crippen LogP contribution in [0.25, 0.3) is 0 Å². The van der Waals surface area contributed by atoms with Gasteiger partial charge in [-0.15, -0.1) is 0 Å². The molecule has 0 saturated carbocycles. The molecule has 3 aromatic rings. The SMILES string of the molecule is Fc1cc(C(CNc2ccccc2)c2ccc(Cl)c(F)c2)ccc1Cl. The van der Waals surface area contributed by atoms with Crippen LogP contribution in [0.4, 0.5) is 14.5 Å². The summed E-state index contributed by atoms with van der Waals surface area (Å²) in [6.07, 6.45) is 0. The van der Waals surface area contributed by atoms with Gasteiger partial charge in [-0.1, -0.05) is 53.5 Å². The summed E-state index contributed by atoms with van der Waals surface area (Å²) in [5.41, 5.74) is 2.33. The minimum absolute atomic E-state index is 0.0563. The average Bonchev–Trinajstić information content (AvgIpc) is 2.62. The summed E-state index contributed by atoms with van der Waals surface area (Å²) in [5.74, 6) is -1.27. The summed E-state index contributed by atoms with van der Waals surface area (Å²) in [4.78, 5) is 0. The number of benzene rings is 3. The van der Waals surface area contributed by atoms with E-state index in [-0.39, 0.29) is 16.0 Å². The van der Waals surface area contributed by atoms with Gasteiger partial charge >= 0.3 is 0 Å². The molecule has 0 atom stereocenters. The van der Waals surface area contributed by atoms with Crippen LogP contribution in [0.5, 0.6) is 0 Å². The van der Waals surface area contributed by atoms with Crippen molar-refractivity contribution in [3.05, 3.63) is 99.5 Å². The molecule has 0 unspecified atom stereocenters. The van der Waals surface area contributed by atoms with Gasteiger partial charge in [-0.2, -0.15) is 0 Å². The molecule has 0 aliphatic heterocycles. The maximum Gasteiger partial charge on any atom is 0.142 e. The molecule has 0 amide bonds. The van der Waals surface area contributed by atoms with Crippen LogP contribution in [-0.2, 0) is 0 Å². The van der Waals surface area contributed by atoms with E-state index in [0.29, 0.717) is 17.7 Å². The maximum atomic E-state index is 13.9. The van der Waals surface area contributed by atoms with Crippen molar-refractivity contribution in [1.82, 2.24) is 0 Å². The zero-order valence-electron chi connectivity index (χ0n) is 13.1. The Morgan fingerprint density at radius 2 is 1.28 bits per heavy atom. The first-order chi connectivity index (χ1) is 12.0. The molecule has 0 aliphatic carbocycles. The van der Waals surface area contributed by atoms with Crippen LogP contribution in [0.1, 0.15) is 17.0 Å². The van der Waals surface area contributed by atoms with Crippen LogP contribution in [-0.4, -0.2) is 6.54 Å². The Hall–Kier alpha value is -2.10. The van der Waals surface area contributed by atoms with Crippen LogP contribution in [0.2, 0.25) is 10.0 Å². The number of hydrogen-bond donors (Lipinski definition) is 1. The van der Waals surface area contributed by atoms with Crippen molar-refractivity contribution in [2.75, 3.05) is 11.9 Å². The number of nitrogens with one attached hydrogen (secondary N) is 1. The van der Waals surface area contributed by atoms with Crippen molar-refractivity contribution in [3.8, 4) is 0 Å². The number of para-hydroxylation sites is 1. The molecular formula is C20H15Cl2F2N. The van der Waals surface area contributed by atoms with E-state index in [1.165, 1.54) is 24.3 Å². The van der Waals surface area contributed by atoms with Crippen LogP contribution < -0.4 is 5.32 Å². The second-order valence-electron chi connectivity index (χ2n) is 5.65. The van der Waals surface area contributed by atoms with E-state index in [4.69, 9.17) is 23.2 Å². The molecular weight excluding hydrogens is 363 g/mol. The molecule has 0 fully saturated rings. The van der Waals surface area contributed by atoms with E-state index in [9.17, 15) is 8.78 Å². The fraction of sp³-hybridized carbons (Fsp3) is 0.100. The highest BCUT2D eigenvalue weighted by Crippen LogP contribution is 2.30. The standard InChI is InChI=1S/C20H15Cl2F2N/c21-17-8-6-13(10-19(17)23)16(12-25-15-4-2-1-3-5-15)14-7-9-18(22)20(24)11-14/h1-11,16,25H,12H2. The first-order valence-corrected chi connectivity index (χ1v) is 8.49. The summed E-state index contributed by atoms with van der Waals surface area (Å²) in [7, 11) is 0. The van der Waals surface area contributed by atoms with Crippen molar-refractivity contribution in [2.24, 2.45) is 0 Å². The summed E-state index contributed by atoms with van der Waals surface area (Å²) in [6, 6.07) is 18.9. The van der Waals surface area contributed by atoms with Gasteiger partial charge in [0.05, 0.1) is 10.0 Å². The fourth-order valence-electron chi connectivity index (χ4n) is 2.66. The van der Waals surface area contributed by atoms with E-state index >= 15 is 0 Å². The molecule has 0 aliphatic rings. The quantitative estimate of drug-likeness (QED) is 0.533. The van der Waals surface area contributed by atoms with Crippen molar-refractivity contribution in [3.63, 3.8) is 0 Å². The van der Waals surface area contributed by atoms with E-state index in [0.717, 1.165) is 5.69 Å². The maximum absolute atomic E-state index is 13.9. The molecule has 0 radical (unpaired) electrons. The lowest BCUT2D eigenvalue weighted by molar-refractivity contribution is 0.620. The summed E-state index contributed by atoms with van der Waals surface area (Å²) in [5, 5.41) is 3.41. The van der Waals surface area contributed by atoms with Crippen molar-refractivity contribution >= 4 is 28.9 Å². The molecule has 0 heterocycles. The first kappa shape index (κ1) is 17.7. The van der Waals surface area contributed by atoms with Gasteiger partial charge in [0.25, 0.3) is 0 Å². The monoisotopic (exact) mass is 377 g/mol. The van der Waals surface area contributed by atoms with E-state index in [1.54, 1.807) is 12.1 Å². The van der Waals surface area contributed by atoms with Gasteiger partial charge in [-0.3, -0.25) is 0 Å². The van der Waals surface area contributed by atoms with Gasteiger partial charge < -0.3 is 5.32 Å². The highest BCUT2D eigenvalue weighted by Gasteiger charge is 2.17. The molecule has 25 heavy (non-hydrogen) atoms. The minimum Gasteiger partial charge on any atom is -0.384 e. The van der Waals surface area contributed by atoms with Crippen LogP contribution in [0.3, 0.4) is 0 Å². The van der Waals surface area contributed by atoms with Gasteiger partial charge in [-0.05, 0) is 47.5 Å². The summed E-state index contributed by atoms with van der Waals surface area (Å²) in [6.45, 7) is 0.464. The lowest BCUT2D eigenvalue weighted by Crippen LogP contribution is -2.14. The van der Waals surface area contributed by atoms with E-state index in [1.807, 2.05) is 30.3 Å². The van der Waals surface area contributed by atoms with Gasteiger partial charge in [0.15, 0.2) is 0 Å². The molecule has 1 nitrogen and oxygen atoms in total. The zero-order valence-corrected chi connectivity index (χ0v) is 14.7. The smallest absolute Gasteiger partial charge is 0.142 e. The third-order valence-corrected chi connectivity index (χ3v) is 4.59. The molecule has 0 saturated heterocycles.